The average molecular weight is 344 g/mol. The van der Waals surface area contributed by atoms with E-state index in [-0.39, 0.29) is 17.9 Å². The molecule has 0 radical (unpaired) electrons. The Morgan fingerprint density at radius 2 is 1.92 bits per heavy atom. The monoisotopic (exact) mass is 344 g/mol. The molecule has 1 aromatic rings. The van der Waals surface area contributed by atoms with E-state index < -0.39 is 49.0 Å². The maximum Gasteiger partial charge on any atom is 0.342 e. The van der Waals surface area contributed by atoms with Gasteiger partial charge < -0.3 is 39.7 Å². The van der Waals surface area contributed by atoms with Crippen LogP contribution < -0.4 is 4.74 Å². The Balaban J connectivity index is 2.28. The molecule has 0 bridgehead atoms. The minimum atomic E-state index is -1.67. The fraction of sp³-hybridized carbons (Fsp3) is 0.533. The largest absolute Gasteiger partial charge is 0.504 e. The van der Waals surface area contributed by atoms with Crippen molar-refractivity contribution in [3.05, 3.63) is 23.8 Å². The van der Waals surface area contributed by atoms with E-state index in [9.17, 15) is 25.2 Å². The third kappa shape index (κ3) is 3.60. The van der Waals surface area contributed by atoms with E-state index in [0.717, 1.165) is 0 Å². The van der Waals surface area contributed by atoms with E-state index in [1.807, 2.05) is 0 Å². The summed E-state index contributed by atoms with van der Waals surface area (Å²) in [5, 5.41) is 48.5. The first kappa shape index (κ1) is 18.4. The third-order valence-corrected chi connectivity index (χ3v) is 3.57. The number of carbonyl (C=O) groups excluding carboxylic acids is 1. The summed E-state index contributed by atoms with van der Waals surface area (Å²) >= 11 is 0. The SMILES string of the molecule is CCOC(=O)c1cccc(O)c1O[C@@H]1O[C@H](CO)[C@@H](O)[C@H](O)[C@H]1O. The molecule has 1 saturated heterocycles. The van der Waals surface area contributed by atoms with Gasteiger partial charge in [0, 0.05) is 0 Å². The summed E-state index contributed by atoms with van der Waals surface area (Å²) in [5.41, 5.74) is -0.103. The molecule has 0 aliphatic carbocycles. The lowest BCUT2D eigenvalue weighted by molar-refractivity contribution is -0.277. The first-order chi connectivity index (χ1) is 11.4. The van der Waals surface area contributed by atoms with Gasteiger partial charge in [-0.25, -0.2) is 4.79 Å². The lowest BCUT2D eigenvalue weighted by Gasteiger charge is -2.39. The number of esters is 1. The molecule has 0 spiro atoms. The van der Waals surface area contributed by atoms with Crippen LogP contribution in [-0.2, 0) is 9.47 Å². The topological polar surface area (TPSA) is 146 Å². The quantitative estimate of drug-likeness (QED) is 0.413. The Hall–Kier alpha value is -1.91. The summed E-state index contributed by atoms with van der Waals surface area (Å²) in [5.74, 6) is -1.47. The molecule has 1 heterocycles. The highest BCUT2D eigenvalue weighted by Gasteiger charge is 2.45. The number of phenolic OH excluding ortho intramolecular Hbond substituents is 1. The van der Waals surface area contributed by atoms with Gasteiger partial charge in [-0.15, -0.1) is 0 Å². The maximum absolute atomic E-state index is 11.9. The van der Waals surface area contributed by atoms with Crippen molar-refractivity contribution in [2.24, 2.45) is 0 Å². The van der Waals surface area contributed by atoms with Crippen LogP contribution in [-0.4, -0.2) is 75.4 Å². The number of carbonyl (C=O) groups is 1. The van der Waals surface area contributed by atoms with Gasteiger partial charge in [0.1, 0.15) is 30.0 Å². The van der Waals surface area contributed by atoms with Crippen molar-refractivity contribution in [2.45, 2.75) is 37.6 Å². The van der Waals surface area contributed by atoms with E-state index in [2.05, 4.69) is 0 Å². The number of para-hydroxylation sites is 1. The van der Waals surface area contributed by atoms with Crippen LogP contribution >= 0.6 is 0 Å². The molecule has 5 N–H and O–H groups in total. The number of aromatic hydroxyl groups is 1. The van der Waals surface area contributed by atoms with Crippen molar-refractivity contribution in [1.82, 2.24) is 0 Å². The van der Waals surface area contributed by atoms with E-state index in [4.69, 9.17) is 19.3 Å². The maximum atomic E-state index is 11.9. The van der Waals surface area contributed by atoms with Crippen molar-refractivity contribution < 1.29 is 44.5 Å². The average Bonchev–Trinajstić information content (AvgIpc) is 2.57. The van der Waals surface area contributed by atoms with Crippen LogP contribution in [0.15, 0.2) is 18.2 Å². The molecule has 0 unspecified atom stereocenters. The second kappa shape index (κ2) is 7.77. The van der Waals surface area contributed by atoms with E-state index in [1.54, 1.807) is 6.92 Å². The second-order valence-electron chi connectivity index (χ2n) is 5.19. The summed E-state index contributed by atoms with van der Waals surface area (Å²) in [6.45, 7) is 1.09. The van der Waals surface area contributed by atoms with Crippen molar-refractivity contribution in [2.75, 3.05) is 13.2 Å². The van der Waals surface area contributed by atoms with Gasteiger partial charge in [-0.05, 0) is 19.1 Å². The fourth-order valence-corrected chi connectivity index (χ4v) is 2.30. The number of hydrogen-bond donors (Lipinski definition) is 5. The molecule has 5 atom stereocenters. The normalized spacial score (nSPS) is 30.0. The molecule has 9 heteroatoms. The second-order valence-corrected chi connectivity index (χ2v) is 5.19. The van der Waals surface area contributed by atoms with Crippen LogP contribution in [0, 0.1) is 0 Å². The van der Waals surface area contributed by atoms with Gasteiger partial charge in [-0.1, -0.05) is 6.07 Å². The predicted octanol–water partition coefficient (Wildman–Crippen LogP) is -1.25. The van der Waals surface area contributed by atoms with Gasteiger partial charge in [-0.2, -0.15) is 0 Å². The highest BCUT2D eigenvalue weighted by atomic mass is 16.7. The van der Waals surface area contributed by atoms with Gasteiger partial charge in [-0.3, -0.25) is 0 Å². The summed E-state index contributed by atoms with van der Waals surface area (Å²) in [6, 6.07) is 4.00. The van der Waals surface area contributed by atoms with Crippen molar-refractivity contribution >= 4 is 5.97 Å². The summed E-state index contributed by atoms with van der Waals surface area (Å²) in [6.07, 6.45) is -7.55. The molecule has 134 valence electrons. The smallest absolute Gasteiger partial charge is 0.342 e. The molecule has 1 fully saturated rings. The van der Waals surface area contributed by atoms with Crippen LogP contribution in [0.25, 0.3) is 0 Å². The van der Waals surface area contributed by atoms with Crippen molar-refractivity contribution in [3.63, 3.8) is 0 Å². The van der Waals surface area contributed by atoms with E-state index >= 15 is 0 Å². The Kier molecular flexibility index (Phi) is 5.97. The van der Waals surface area contributed by atoms with Gasteiger partial charge in [0.2, 0.25) is 6.29 Å². The lowest BCUT2D eigenvalue weighted by atomic mass is 9.99. The van der Waals surface area contributed by atoms with Crippen molar-refractivity contribution in [1.29, 1.82) is 0 Å². The Morgan fingerprint density at radius 3 is 2.54 bits per heavy atom. The Morgan fingerprint density at radius 1 is 1.21 bits per heavy atom. The molecule has 1 aromatic carbocycles. The zero-order valence-corrected chi connectivity index (χ0v) is 12.9. The van der Waals surface area contributed by atoms with Gasteiger partial charge >= 0.3 is 5.97 Å². The number of benzene rings is 1. The van der Waals surface area contributed by atoms with E-state index in [1.165, 1.54) is 18.2 Å². The van der Waals surface area contributed by atoms with Crippen LogP contribution in [0.5, 0.6) is 11.5 Å². The van der Waals surface area contributed by atoms with Crippen molar-refractivity contribution in [3.8, 4) is 11.5 Å². The first-order valence-corrected chi connectivity index (χ1v) is 7.37. The lowest BCUT2D eigenvalue weighted by Crippen LogP contribution is -2.60. The Labute approximate surface area is 137 Å². The number of aliphatic hydroxyl groups is 4. The molecule has 1 aliphatic heterocycles. The molecule has 9 nitrogen and oxygen atoms in total. The molecule has 0 aromatic heterocycles. The summed E-state index contributed by atoms with van der Waals surface area (Å²) in [4.78, 5) is 11.9. The van der Waals surface area contributed by atoms with Gasteiger partial charge in [0.15, 0.2) is 11.5 Å². The van der Waals surface area contributed by atoms with Gasteiger partial charge in [0.05, 0.1) is 13.2 Å². The number of ether oxygens (including phenoxy) is 3. The molecule has 2 rings (SSSR count). The highest BCUT2D eigenvalue weighted by molar-refractivity contribution is 5.93. The predicted molar refractivity (Wildman–Crippen MR) is 78.5 cm³/mol. The zero-order valence-electron chi connectivity index (χ0n) is 12.9. The standard InChI is InChI=1S/C15H20O9/c1-2-22-14(21)7-4-3-5-8(17)13(7)24-15-12(20)11(19)10(18)9(6-16)23-15/h3-5,9-12,15-20H,2,6H2,1H3/t9-,10-,11+,12-,15+/m1/s1. The van der Waals surface area contributed by atoms with Crippen LogP contribution in [0.4, 0.5) is 0 Å². The minimum absolute atomic E-state index is 0.103. The zero-order chi connectivity index (χ0) is 17.9. The number of hydrogen-bond acceptors (Lipinski definition) is 9. The number of phenols is 1. The first-order valence-electron chi connectivity index (χ1n) is 7.37. The molecule has 24 heavy (non-hydrogen) atoms. The van der Waals surface area contributed by atoms with Crippen LogP contribution in [0.2, 0.25) is 0 Å². The number of rotatable bonds is 5. The molecular weight excluding hydrogens is 324 g/mol. The van der Waals surface area contributed by atoms with Gasteiger partial charge in [0.25, 0.3) is 0 Å². The summed E-state index contributed by atoms with van der Waals surface area (Å²) < 4.78 is 15.4. The molecule has 0 amide bonds. The molecule has 1 aliphatic rings. The summed E-state index contributed by atoms with van der Waals surface area (Å²) in [7, 11) is 0. The highest BCUT2D eigenvalue weighted by Crippen LogP contribution is 2.34. The van der Waals surface area contributed by atoms with Crippen LogP contribution in [0.3, 0.4) is 0 Å². The van der Waals surface area contributed by atoms with Crippen LogP contribution in [0.1, 0.15) is 17.3 Å². The fourth-order valence-electron chi connectivity index (χ4n) is 2.30. The molecular formula is C15H20O9. The third-order valence-electron chi connectivity index (χ3n) is 3.57. The molecule has 0 saturated carbocycles. The minimum Gasteiger partial charge on any atom is -0.504 e. The van der Waals surface area contributed by atoms with E-state index in [0.29, 0.717) is 0 Å². The number of aliphatic hydroxyl groups excluding tert-OH is 4. The Bertz CT molecular complexity index is 574.